The number of ether oxygens (including phenoxy) is 1. The normalized spacial score (nSPS) is 19.8. The molecule has 0 aromatic carbocycles. The number of rotatable bonds is 5. The van der Waals surface area contributed by atoms with Crippen LogP contribution in [0.25, 0.3) is 0 Å². The standard InChI is InChI=1S/C14H18F3N3O/c1-2-11(5-9-6-12(18)19-7-9)21-13-4-3-10(8-20-13)14(15,16)17/h3-4,6,8-9,11,19H,2,5,7,18H2,1H3/t9-,11+/m0/s1. The van der Waals surface area contributed by atoms with Crippen molar-refractivity contribution in [1.29, 1.82) is 0 Å². The van der Waals surface area contributed by atoms with Gasteiger partial charge in [0, 0.05) is 24.7 Å². The number of hydrogen-bond acceptors (Lipinski definition) is 4. The van der Waals surface area contributed by atoms with Crippen molar-refractivity contribution in [1.82, 2.24) is 10.3 Å². The Morgan fingerprint density at radius 3 is 2.71 bits per heavy atom. The molecule has 0 aliphatic carbocycles. The number of hydrogen-bond donors (Lipinski definition) is 2. The van der Waals surface area contributed by atoms with Crippen molar-refractivity contribution in [2.45, 2.75) is 32.0 Å². The summed E-state index contributed by atoms with van der Waals surface area (Å²) in [5.74, 6) is 1.13. The Balaban J connectivity index is 1.95. The molecule has 0 saturated heterocycles. The molecule has 2 rings (SSSR count). The number of nitrogens with one attached hydrogen (secondary N) is 1. The number of halogens is 3. The zero-order chi connectivity index (χ0) is 15.5. The molecule has 0 unspecified atom stereocenters. The summed E-state index contributed by atoms with van der Waals surface area (Å²) in [6.45, 7) is 2.72. The highest BCUT2D eigenvalue weighted by atomic mass is 19.4. The molecule has 0 radical (unpaired) electrons. The topological polar surface area (TPSA) is 60.2 Å². The van der Waals surface area contributed by atoms with Crippen molar-refractivity contribution in [2.24, 2.45) is 11.7 Å². The first-order chi connectivity index (χ1) is 9.88. The second-order valence-electron chi connectivity index (χ2n) is 5.03. The molecule has 0 bridgehead atoms. The van der Waals surface area contributed by atoms with Crippen LogP contribution >= 0.6 is 0 Å². The lowest BCUT2D eigenvalue weighted by atomic mass is 10.0. The molecular formula is C14H18F3N3O. The lowest BCUT2D eigenvalue weighted by Gasteiger charge is -2.19. The monoisotopic (exact) mass is 301 g/mol. The summed E-state index contributed by atoms with van der Waals surface area (Å²) < 4.78 is 43.0. The van der Waals surface area contributed by atoms with Gasteiger partial charge in [0.05, 0.1) is 11.4 Å². The van der Waals surface area contributed by atoms with Gasteiger partial charge in [0.15, 0.2) is 0 Å². The van der Waals surface area contributed by atoms with E-state index in [-0.39, 0.29) is 17.9 Å². The van der Waals surface area contributed by atoms with E-state index in [1.165, 1.54) is 6.07 Å². The predicted octanol–water partition coefficient (Wildman–Crippen LogP) is 2.67. The Bertz CT molecular complexity index is 499. The first kappa shape index (κ1) is 15.5. The van der Waals surface area contributed by atoms with Gasteiger partial charge in [-0.1, -0.05) is 6.92 Å². The number of nitrogens with two attached hydrogens (primary N) is 1. The average Bonchev–Trinajstić information content (AvgIpc) is 2.83. The van der Waals surface area contributed by atoms with E-state index in [1.807, 2.05) is 13.0 Å². The Hall–Kier alpha value is -1.92. The molecule has 2 atom stereocenters. The van der Waals surface area contributed by atoms with E-state index in [2.05, 4.69) is 10.3 Å². The maximum atomic E-state index is 12.4. The molecule has 1 aromatic rings. The second kappa shape index (κ2) is 6.24. The summed E-state index contributed by atoms with van der Waals surface area (Å²) in [7, 11) is 0. The largest absolute Gasteiger partial charge is 0.474 e. The zero-order valence-corrected chi connectivity index (χ0v) is 11.7. The third-order valence-corrected chi connectivity index (χ3v) is 3.36. The van der Waals surface area contributed by atoms with Crippen LogP contribution < -0.4 is 15.8 Å². The number of aromatic nitrogens is 1. The van der Waals surface area contributed by atoms with Crippen LogP contribution in [0.5, 0.6) is 5.88 Å². The van der Waals surface area contributed by atoms with E-state index in [0.717, 1.165) is 31.6 Å². The molecule has 3 N–H and O–H groups in total. The first-order valence-electron chi connectivity index (χ1n) is 6.79. The molecule has 0 fully saturated rings. The maximum Gasteiger partial charge on any atom is 0.417 e. The van der Waals surface area contributed by atoms with Gasteiger partial charge in [0.25, 0.3) is 0 Å². The number of pyridine rings is 1. The van der Waals surface area contributed by atoms with Gasteiger partial charge in [-0.25, -0.2) is 4.98 Å². The van der Waals surface area contributed by atoms with Gasteiger partial charge in [-0.2, -0.15) is 13.2 Å². The SMILES string of the molecule is CC[C@H](C[C@H]1C=C(N)NC1)Oc1ccc(C(F)(F)F)cn1. The van der Waals surface area contributed by atoms with Crippen molar-refractivity contribution in [2.75, 3.05) is 6.54 Å². The minimum absolute atomic E-state index is 0.108. The molecule has 0 amide bonds. The van der Waals surface area contributed by atoms with Gasteiger partial charge < -0.3 is 15.8 Å². The van der Waals surface area contributed by atoms with Crippen LogP contribution in [0, 0.1) is 5.92 Å². The Morgan fingerprint density at radius 2 is 2.24 bits per heavy atom. The first-order valence-corrected chi connectivity index (χ1v) is 6.79. The summed E-state index contributed by atoms with van der Waals surface area (Å²) in [6, 6.07) is 2.23. The third kappa shape index (κ3) is 4.27. The lowest BCUT2D eigenvalue weighted by Crippen LogP contribution is -2.23. The minimum Gasteiger partial charge on any atom is -0.474 e. The molecule has 2 heterocycles. The highest BCUT2D eigenvalue weighted by Gasteiger charge is 2.30. The molecule has 1 aliphatic heterocycles. The summed E-state index contributed by atoms with van der Waals surface area (Å²) in [5.41, 5.74) is 4.86. The van der Waals surface area contributed by atoms with Gasteiger partial charge in [-0.05, 0) is 25.0 Å². The van der Waals surface area contributed by atoms with Crippen LogP contribution in [0.3, 0.4) is 0 Å². The van der Waals surface area contributed by atoms with E-state index < -0.39 is 11.7 Å². The molecule has 0 spiro atoms. The second-order valence-corrected chi connectivity index (χ2v) is 5.03. The fraction of sp³-hybridized carbons (Fsp3) is 0.500. The maximum absolute atomic E-state index is 12.4. The fourth-order valence-corrected chi connectivity index (χ4v) is 2.20. The summed E-state index contributed by atoms with van der Waals surface area (Å²) >= 11 is 0. The fourth-order valence-electron chi connectivity index (χ4n) is 2.20. The third-order valence-electron chi connectivity index (χ3n) is 3.36. The summed E-state index contributed by atoms with van der Waals surface area (Å²) in [6.07, 6.45) is -0.278. The van der Waals surface area contributed by atoms with Crippen molar-refractivity contribution in [3.05, 3.63) is 35.8 Å². The van der Waals surface area contributed by atoms with E-state index in [0.29, 0.717) is 5.82 Å². The van der Waals surface area contributed by atoms with Crippen molar-refractivity contribution in [3.63, 3.8) is 0 Å². The molecule has 1 aliphatic rings. The highest BCUT2D eigenvalue weighted by Crippen LogP contribution is 2.29. The van der Waals surface area contributed by atoms with E-state index in [1.54, 1.807) is 0 Å². The van der Waals surface area contributed by atoms with Crippen LogP contribution in [0.2, 0.25) is 0 Å². The smallest absolute Gasteiger partial charge is 0.417 e. The molecule has 0 saturated carbocycles. The summed E-state index contributed by atoms with van der Waals surface area (Å²) in [5, 5.41) is 3.03. The van der Waals surface area contributed by atoms with Crippen molar-refractivity contribution in [3.8, 4) is 5.88 Å². The molecule has 7 heteroatoms. The average molecular weight is 301 g/mol. The quantitative estimate of drug-likeness (QED) is 0.878. The molecular weight excluding hydrogens is 283 g/mol. The summed E-state index contributed by atoms with van der Waals surface area (Å²) in [4.78, 5) is 3.72. The predicted molar refractivity (Wildman–Crippen MR) is 72.3 cm³/mol. The van der Waals surface area contributed by atoms with Crippen molar-refractivity contribution < 1.29 is 17.9 Å². The van der Waals surface area contributed by atoms with E-state index in [4.69, 9.17) is 10.5 Å². The Morgan fingerprint density at radius 1 is 1.48 bits per heavy atom. The molecule has 116 valence electrons. The van der Waals surface area contributed by atoms with Gasteiger partial charge in [-0.3, -0.25) is 0 Å². The Kier molecular flexibility index (Phi) is 4.59. The molecule has 4 nitrogen and oxygen atoms in total. The molecule has 21 heavy (non-hydrogen) atoms. The van der Waals surface area contributed by atoms with Crippen LogP contribution in [0.4, 0.5) is 13.2 Å². The van der Waals surface area contributed by atoms with Crippen LogP contribution in [0.1, 0.15) is 25.3 Å². The van der Waals surface area contributed by atoms with E-state index >= 15 is 0 Å². The number of alkyl halides is 3. The van der Waals surface area contributed by atoms with Crippen LogP contribution in [-0.2, 0) is 6.18 Å². The van der Waals surface area contributed by atoms with Gasteiger partial charge >= 0.3 is 6.18 Å². The molecule has 1 aromatic heterocycles. The van der Waals surface area contributed by atoms with Crippen LogP contribution in [0.15, 0.2) is 30.2 Å². The number of nitrogens with zero attached hydrogens (tertiary/aromatic N) is 1. The lowest BCUT2D eigenvalue weighted by molar-refractivity contribution is -0.137. The van der Waals surface area contributed by atoms with E-state index in [9.17, 15) is 13.2 Å². The van der Waals surface area contributed by atoms with Gasteiger partial charge in [0.2, 0.25) is 5.88 Å². The minimum atomic E-state index is -4.38. The highest BCUT2D eigenvalue weighted by molar-refractivity contribution is 5.20. The van der Waals surface area contributed by atoms with Gasteiger partial charge in [-0.15, -0.1) is 0 Å². The van der Waals surface area contributed by atoms with Gasteiger partial charge in [0.1, 0.15) is 6.10 Å². The van der Waals surface area contributed by atoms with Crippen LogP contribution in [-0.4, -0.2) is 17.6 Å². The van der Waals surface area contributed by atoms with Crippen molar-refractivity contribution >= 4 is 0 Å². The zero-order valence-electron chi connectivity index (χ0n) is 11.7. The Labute approximate surface area is 121 Å².